The Morgan fingerprint density at radius 2 is 1.70 bits per heavy atom. The number of azide groups is 1. The van der Waals surface area contributed by atoms with Crippen LogP contribution in [0.5, 0.6) is 0 Å². The summed E-state index contributed by atoms with van der Waals surface area (Å²) in [5.41, 5.74) is 8.15. The summed E-state index contributed by atoms with van der Waals surface area (Å²) in [7, 11) is 0. The molecular weight excluding hydrogens is 126 g/mol. The third-order valence-corrected chi connectivity index (χ3v) is 1.87. The van der Waals surface area contributed by atoms with E-state index in [1.165, 1.54) is 25.7 Å². The fourth-order valence-corrected chi connectivity index (χ4v) is 1.30. The minimum absolute atomic E-state index is 1.02. The summed E-state index contributed by atoms with van der Waals surface area (Å²) < 4.78 is 0. The van der Waals surface area contributed by atoms with Crippen molar-refractivity contribution in [1.29, 1.82) is 0 Å². The van der Waals surface area contributed by atoms with Crippen LogP contribution in [0.1, 0.15) is 38.5 Å². The van der Waals surface area contributed by atoms with Gasteiger partial charge in [0, 0.05) is 4.91 Å². The van der Waals surface area contributed by atoms with E-state index in [9.17, 15) is 0 Å². The average molecular weight is 138 g/mol. The van der Waals surface area contributed by atoms with E-state index >= 15 is 0 Å². The van der Waals surface area contributed by atoms with E-state index in [1.807, 2.05) is 0 Å². The van der Waals surface area contributed by atoms with Gasteiger partial charge in [-0.2, -0.15) is 0 Å². The molecule has 1 aliphatic rings. The second kappa shape index (κ2) is 4.18. The molecule has 0 aliphatic heterocycles. The minimum Gasteiger partial charge on any atom is -0.0866 e. The highest BCUT2D eigenvalue weighted by molar-refractivity contribution is 4.88. The predicted octanol–water partition coefficient (Wildman–Crippen LogP) is 3.18. The van der Waals surface area contributed by atoms with Gasteiger partial charge >= 0.3 is 0 Å². The monoisotopic (exact) mass is 138 g/mol. The van der Waals surface area contributed by atoms with Crippen LogP contribution in [0, 0.1) is 6.04 Å². The topological polar surface area (TPSA) is 48.8 Å². The van der Waals surface area contributed by atoms with Gasteiger partial charge in [0.1, 0.15) is 0 Å². The first-order chi connectivity index (χ1) is 4.93. The molecule has 0 aromatic heterocycles. The van der Waals surface area contributed by atoms with E-state index in [0.29, 0.717) is 0 Å². The molecule has 1 fully saturated rings. The molecule has 0 aromatic rings. The highest BCUT2D eigenvalue weighted by Gasteiger charge is 2.09. The molecule has 1 saturated carbocycles. The van der Waals surface area contributed by atoms with Gasteiger partial charge in [0.15, 0.2) is 0 Å². The van der Waals surface area contributed by atoms with Gasteiger partial charge in [0.25, 0.3) is 0 Å². The molecule has 0 aromatic carbocycles. The van der Waals surface area contributed by atoms with E-state index in [2.05, 4.69) is 10.0 Å². The maximum absolute atomic E-state index is 8.15. The Hall–Kier alpha value is -0.690. The molecule has 0 bridgehead atoms. The average Bonchev–Trinajstić information content (AvgIpc) is 2.17. The van der Waals surface area contributed by atoms with E-state index in [-0.39, 0.29) is 0 Å². The quantitative estimate of drug-likeness (QED) is 0.231. The Bertz CT molecular complexity index is 130. The molecule has 55 valence electrons. The van der Waals surface area contributed by atoms with Gasteiger partial charge in [-0.15, -0.1) is 0 Å². The van der Waals surface area contributed by atoms with Crippen LogP contribution in [-0.2, 0) is 0 Å². The lowest BCUT2D eigenvalue weighted by atomic mass is 10.1. The number of rotatable bonds is 1. The van der Waals surface area contributed by atoms with E-state index in [4.69, 9.17) is 5.53 Å². The van der Waals surface area contributed by atoms with Crippen molar-refractivity contribution in [3.8, 4) is 0 Å². The van der Waals surface area contributed by atoms with Crippen LogP contribution < -0.4 is 0 Å². The Kier molecular flexibility index (Phi) is 3.10. The summed E-state index contributed by atoms with van der Waals surface area (Å²) in [6, 6.07) is 1.06. The molecule has 0 heterocycles. The number of hydrogen-bond acceptors (Lipinski definition) is 1. The number of hydrogen-bond donors (Lipinski definition) is 0. The van der Waals surface area contributed by atoms with Crippen LogP contribution in [0.2, 0.25) is 0 Å². The molecule has 0 amide bonds. The third kappa shape index (κ3) is 2.28. The molecule has 0 unspecified atom stereocenters. The number of nitrogens with zero attached hydrogens (tertiary/aromatic N) is 3. The second-order valence-corrected chi connectivity index (χ2v) is 2.67. The van der Waals surface area contributed by atoms with Crippen molar-refractivity contribution >= 4 is 0 Å². The van der Waals surface area contributed by atoms with Gasteiger partial charge in [0.05, 0.1) is 6.04 Å². The Morgan fingerprint density at radius 3 is 2.20 bits per heavy atom. The molecule has 0 saturated heterocycles. The molecule has 3 heteroatoms. The van der Waals surface area contributed by atoms with Crippen LogP contribution in [0.15, 0.2) is 5.11 Å². The van der Waals surface area contributed by atoms with Crippen molar-refractivity contribution in [3.05, 3.63) is 16.5 Å². The largest absolute Gasteiger partial charge is 0.0866 e. The zero-order valence-electron chi connectivity index (χ0n) is 6.08. The molecule has 3 nitrogen and oxygen atoms in total. The Labute approximate surface area is 61.1 Å². The highest BCUT2D eigenvalue weighted by Crippen LogP contribution is 2.25. The van der Waals surface area contributed by atoms with Crippen molar-refractivity contribution in [3.63, 3.8) is 0 Å². The lowest BCUT2D eigenvalue weighted by Crippen LogP contribution is -1.87. The Morgan fingerprint density at radius 1 is 1.10 bits per heavy atom. The van der Waals surface area contributed by atoms with Crippen LogP contribution in [0.25, 0.3) is 10.4 Å². The smallest absolute Gasteiger partial charge is 0.0600 e. The first-order valence-electron chi connectivity index (χ1n) is 3.83. The van der Waals surface area contributed by atoms with Crippen LogP contribution in [-0.4, -0.2) is 0 Å². The van der Waals surface area contributed by atoms with E-state index in [1.54, 1.807) is 0 Å². The molecule has 0 spiro atoms. The van der Waals surface area contributed by atoms with Crippen molar-refractivity contribution in [2.24, 2.45) is 5.11 Å². The van der Waals surface area contributed by atoms with Crippen molar-refractivity contribution < 1.29 is 0 Å². The molecule has 0 N–H and O–H groups in total. The van der Waals surface area contributed by atoms with Crippen molar-refractivity contribution in [2.45, 2.75) is 38.5 Å². The van der Waals surface area contributed by atoms with Crippen LogP contribution in [0.4, 0.5) is 0 Å². The van der Waals surface area contributed by atoms with Gasteiger partial charge in [0.2, 0.25) is 0 Å². The summed E-state index contributed by atoms with van der Waals surface area (Å²) in [6.07, 6.45) is 7.03. The zero-order valence-corrected chi connectivity index (χ0v) is 6.08. The van der Waals surface area contributed by atoms with Crippen LogP contribution in [0.3, 0.4) is 0 Å². The normalized spacial score (nSPS) is 21.2. The first-order valence-corrected chi connectivity index (χ1v) is 3.83. The maximum atomic E-state index is 8.15. The summed E-state index contributed by atoms with van der Waals surface area (Å²) in [5, 5.41) is 3.64. The summed E-state index contributed by atoms with van der Waals surface area (Å²) in [6.45, 7) is 0. The molecule has 1 aliphatic carbocycles. The molecular formula is C7H12N3. The zero-order chi connectivity index (χ0) is 7.23. The molecule has 10 heavy (non-hydrogen) atoms. The molecule has 1 rings (SSSR count). The summed E-state index contributed by atoms with van der Waals surface area (Å²) >= 11 is 0. The molecule has 0 atom stereocenters. The summed E-state index contributed by atoms with van der Waals surface area (Å²) in [5.74, 6) is 0. The second-order valence-electron chi connectivity index (χ2n) is 2.67. The third-order valence-electron chi connectivity index (χ3n) is 1.87. The van der Waals surface area contributed by atoms with E-state index in [0.717, 1.165) is 18.9 Å². The molecule has 1 radical (unpaired) electrons. The fraction of sp³-hybridized carbons (Fsp3) is 0.857. The van der Waals surface area contributed by atoms with Crippen molar-refractivity contribution in [2.75, 3.05) is 0 Å². The SMILES string of the molecule is [N-]=[N+]=N[C]1CCCCCC1. The van der Waals surface area contributed by atoms with Crippen LogP contribution >= 0.6 is 0 Å². The summed E-state index contributed by atoms with van der Waals surface area (Å²) in [4.78, 5) is 2.79. The first kappa shape index (κ1) is 7.42. The lowest BCUT2D eigenvalue weighted by Gasteiger charge is -2.02. The lowest BCUT2D eigenvalue weighted by molar-refractivity contribution is 0.702. The standard InChI is InChI=1S/C7H12N3/c8-10-9-7-5-3-1-2-4-6-7/h1-6H2. The Balaban J connectivity index is 2.34. The maximum Gasteiger partial charge on any atom is 0.0600 e. The fourth-order valence-electron chi connectivity index (χ4n) is 1.30. The van der Waals surface area contributed by atoms with Crippen molar-refractivity contribution in [1.82, 2.24) is 0 Å². The van der Waals surface area contributed by atoms with Gasteiger partial charge in [-0.05, 0) is 18.4 Å². The van der Waals surface area contributed by atoms with Gasteiger partial charge in [-0.3, -0.25) is 0 Å². The minimum atomic E-state index is 1.02. The predicted molar refractivity (Wildman–Crippen MR) is 40.1 cm³/mol. The van der Waals surface area contributed by atoms with Gasteiger partial charge < -0.3 is 0 Å². The highest BCUT2D eigenvalue weighted by atomic mass is 15.1. The van der Waals surface area contributed by atoms with E-state index < -0.39 is 0 Å². The van der Waals surface area contributed by atoms with Gasteiger partial charge in [-0.1, -0.05) is 30.8 Å². The van der Waals surface area contributed by atoms with Gasteiger partial charge in [-0.25, -0.2) is 0 Å².